The largest absolute Gasteiger partial charge is 0.462 e. The number of hydrogen-bond donors (Lipinski definition) is 6. The van der Waals surface area contributed by atoms with Crippen LogP contribution < -0.4 is 20.3 Å². The number of fused-ring (bicyclic) bond motifs is 7. The Bertz CT molecular complexity index is 4030. The van der Waals surface area contributed by atoms with Crippen LogP contribution in [0, 0.1) is 35.0 Å². The number of aryl methyl sites for hydroxylation is 1. The van der Waals surface area contributed by atoms with E-state index in [2.05, 4.69) is 35.6 Å². The molecule has 6 aromatic heterocycles. The average Bonchev–Trinajstić information content (AvgIpc) is 1.62. The number of alkyl halides is 2. The molecule has 0 radical (unpaired) electrons. The molecule has 2 aromatic carbocycles. The number of nitrogens with zero attached hydrogens (tertiary/aromatic N) is 9. The third-order valence-corrected chi connectivity index (χ3v) is 23.1. The summed E-state index contributed by atoms with van der Waals surface area (Å²) in [7, 11) is 1.64. The number of hydrogen-bond acceptors (Lipinski definition) is 18. The fourth-order valence-electron chi connectivity index (χ4n) is 15.2. The molecule has 4 saturated heterocycles. The van der Waals surface area contributed by atoms with Gasteiger partial charge >= 0.3 is 6.01 Å². The van der Waals surface area contributed by atoms with Crippen molar-refractivity contribution in [3.8, 4) is 27.7 Å². The molecular weight excluding hydrogens is 1180 g/mol. The zero-order chi connectivity index (χ0) is 61.1. The third kappa shape index (κ3) is 10.5. The lowest BCUT2D eigenvalue weighted by atomic mass is 9.56. The Kier molecular flexibility index (Phi) is 15.2. The number of carbonyl (C=O) groups is 3. The first-order valence-corrected chi connectivity index (χ1v) is 33.3. The van der Waals surface area contributed by atoms with Crippen molar-refractivity contribution in [3.05, 3.63) is 76.5 Å². The minimum Gasteiger partial charge on any atom is -0.462 e. The SMILES string of the molecule is CC(=O)c1csc2cc3[nH]ncc3c(-c3nccc4c3sc3nc(OC[C@]5(CN6CCC7(CC6)CC(CC(=O)N[C@H](C(=N)N6C[C@H](O)C[C@H]6C(=O)N(C)[C@@H](CO)c6ccc(-c8scnc8C)cc6)C(C)C)C7)CC5(F)F)nc(N5CC6CCC(C5)N6)c34)c12. The fourth-order valence-corrected chi connectivity index (χ4v) is 18.2. The average molecular weight is 1250 g/mol. The number of benzene rings is 2. The number of likely N-dealkylation sites (tertiary alicyclic amines) is 2. The molecule has 19 nitrogen and oxygen atoms in total. The lowest BCUT2D eigenvalue weighted by Crippen LogP contribution is -2.56. The molecular formula is C64H73F2N13O6S3. The number of pyridine rings is 1. The minimum atomic E-state index is -2.93. The monoisotopic (exact) mass is 1250 g/mol. The van der Waals surface area contributed by atoms with Crippen LogP contribution in [0.3, 0.4) is 0 Å². The van der Waals surface area contributed by atoms with Gasteiger partial charge in [-0.1, -0.05) is 38.1 Å². The highest BCUT2D eigenvalue weighted by Crippen LogP contribution is 2.62. The molecule has 2 saturated carbocycles. The molecule has 2 unspecified atom stereocenters. The molecule has 6 fully saturated rings. The number of amidine groups is 1. The molecule has 4 aliphatic heterocycles. The molecule has 2 amide bonds. The molecule has 8 aromatic rings. The molecule has 2 aliphatic carbocycles. The van der Waals surface area contributed by atoms with Crippen molar-refractivity contribution in [1.29, 1.82) is 5.41 Å². The lowest BCUT2D eigenvalue weighted by molar-refractivity contribution is -0.136. The number of thiazole rings is 1. The Morgan fingerprint density at radius 3 is 2.43 bits per heavy atom. The van der Waals surface area contributed by atoms with E-state index in [0.29, 0.717) is 47.1 Å². The van der Waals surface area contributed by atoms with Gasteiger partial charge in [-0.2, -0.15) is 15.1 Å². The topological polar surface area (TPSA) is 242 Å². The summed E-state index contributed by atoms with van der Waals surface area (Å²) in [5.41, 5.74) is 6.08. The van der Waals surface area contributed by atoms with Gasteiger partial charge in [0.15, 0.2) is 5.78 Å². The zero-order valence-corrected chi connectivity index (χ0v) is 52.4. The highest BCUT2D eigenvalue weighted by atomic mass is 32.1. The number of piperidine rings is 1. The summed E-state index contributed by atoms with van der Waals surface area (Å²) >= 11 is 4.52. The van der Waals surface area contributed by atoms with Crippen molar-refractivity contribution in [2.75, 3.05) is 64.4 Å². The van der Waals surface area contributed by atoms with Gasteiger partial charge in [-0.15, -0.1) is 34.0 Å². The van der Waals surface area contributed by atoms with Gasteiger partial charge in [0.1, 0.15) is 29.1 Å². The summed E-state index contributed by atoms with van der Waals surface area (Å²) in [4.78, 5) is 70.0. The molecule has 88 heavy (non-hydrogen) atoms. The summed E-state index contributed by atoms with van der Waals surface area (Å²) in [6.45, 7) is 9.85. The summed E-state index contributed by atoms with van der Waals surface area (Å²) in [6, 6.07) is 10.2. The fraction of sp³-hybridized carbons (Fsp3) is 0.516. The Morgan fingerprint density at radius 2 is 1.75 bits per heavy atom. The number of aromatic amines is 1. The van der Waals surface area contributed by atoms with Gasteiger partial charge in [0.05, 0.1) is 73.8 Å². The van der Waals surface area contributed by atoms with Crippen molar-refractivity contribution < 1.29 is 38.1 Å². The summed E-state index contributed by atoms with van der Waals surface area (Å²) < 4.78 is 40.0. The standard InChI is InChI=1S/C64H73F2N13O6S3/c1-33(2)53(57(67)79-26-41(82)19-46(79)60(84)76(5)47(27-80)37-6-8-38(9-7-37)55-34(3)69-32-87-55)72-49(83)18-36-21-62(22-36)13-16-77(17-14-62)30-63(29-64(63,65)66)31-85-61-73-58(78-24-39-10-11-40(25-78)71-39)52-42-12-15-68-54(56(42)88-59(52)74-61)51-43-23-70-75-45(43)20-48-50(51)44(28-86-48)35(4)81/h6-9,12,15,20,23,28,32-33,36,39-41,46-47,53,67,71,80,82H,10-11,13-14,16-19,21-22,24-27,29-31H2,1-5H3,(H,70,75)(H,72,83)/t39?,40?,41-,46+,47+,53+,63-/m1/s1. The normalized spacial score (nSPS) is 24.0. The van der Waals surface area contributed by atoms with Crippen LogP contribution in [-0.4, -0.2) is 174 Å². The quantitative estimate of drug-likeness (QED) is 0.0266. The number of carbonyl (C=O) groups excluding carboxylic acids is 3. The van der Waals surface area contributed by atoms with Gasteiger partial charge in [0, 0.05) is 108 Å². The molecule has 6 N–H and O–H groups in total. The number of likely N-dealkylation sites (N-methyl/N-ethyl adjacent to an activating group) is 1. The van der Waals surface area contributed by atoms with Crippen molar-refractivity contribution in [2.45, 2.75) is 128 Å². The van der Waals surface area contributed by atoms with Crippen LogP contribution in [0.1, 0.15) is 106 Å². The van der Waals surface area contributed by atoms with E-state index in [-0.39, 0.29) is 92.3 Å². The van der Waals surface area contributed by atoms with Crippen LogP contribution in [0.15, 0.2) is 59.7 Å². The number of anilines is 1. The van der Waals surface area contributed by atoms with Gasteiger partial charge in [-0.3, -0.25) is 29.9 Å². The van der Waals surface area contributed by atoms with Crippen LogP contribution in [0.4, 0.5) is 14.6 Å². The van der Waals surface area contributed by atoms with E-state index in [4.69, 9.17) is 19.7 Å². The van der Waals surface area contributed by atoms with Crippen LogP contribution in [0.5, 0.6) is 6.01 Å². The number of β-amino-alcohol motifs (C(OH)–C–C–N with tert-alkyl or cyclic N) is 1. The number of ketones is 1. The number of piperazine rings is 1. The van der Waals surface area contributed by atoms with E-state index in [1.165, 1.54) is 27.6 Å². The Hall–Kier alpha value is -6.67. The first-order valence-electron chi connectivity index (χ1n) is 30.7. The number of amides is 2. The van der Waals surface area contributed by atoms with Crippen molar-refractivity contribution in [3.63, 3.8) is 0 Å². The number of ether oxygens (including phenoxy) is 1. The number of Topliss-reactive ketones (excluding diaryl/α,β-unsaturated/α-hetero) is 1. The lowest BCUT2D eigenvalue weighted by Gasteiger charge is -2.52. The van der Waals surface area contributed by atoms with E-state index in [1.807, 2.05) is 62.5 Å². The van der Waals surface area contributed by atoms with Crippen molar-refractivity contribution in [2.24, 2.45) is 22.7 Å². The number of nitrogens with one attached hydrogen (secondary N) is 4. The number of aromatic nitrogens is 6. The third-order valence-electron chi connectivity index (χ3n) is 20.1. The maximum Gasteiger partial charge on any atom is 0.319 e. The van der Waals surface area contributed by atoms with Gasteiger partial charge in [0.2, 0.25) is 11.8 Å². The number of aliphatic hydroxyl groups is 2. The van der Waals surface area contributed by atoms with Crippen LogP contribution in [0.2, 0.25) is 0 Å². The number of H-pyrrole nitrogens is 1. The van der Waals surface area contributed by atoms with Crippen LogP contribution in [-0.2, 0) is 9.59 Å². The van der Waals surface area contributed by atoms with Crippen molar-refractivity contribution >= 4 is 105 Å². The predicted molar refractivity (Wildman–Crippen MR) is 339 cm³/mol. The first kappa shape index (κ1) is 59.0. The Labute approximate surface area is 519 Å². The molecule has 24 heteroatoms. The van der Waals surface area contributed by atoms with Crippen LogP contribution in [0.25, 0.3) is 63.0 Å². The number of rotatable bonds is 18. The molecule has 462 valence electrons. The van der Waals surface area contributed by atoms with E-state index >= 15 is 8.78 Å². The summed E-state index contributed by atoms with van der Waals surface area (Å²) in [6.07, 6.45) is 8.31. The maximum atomic E-state index is 15.9. The predicted octanol–water partition coefficient (Wildman–Crippen LogP) is 9.60. The van der Waals surface area contributed by atoms with Gasteiger partial charge in [-0.05, 0) is 106 Å². The van der Waals surface area contributed by atoms with Crippen molar-refractivity contribution in [1.82, 2.24) is 55.5 Å². The highest BCUT2D eigenvalue weighted by molar-refractivity contribution is 7.26. The first-order chi connectivity index (χ1) is 42.3. The number of halogens is 2. The summed E-state index contributed by atoms with van der Waals surface area (Å²) in [5.74, 6) is -2.75. The number of aliphatic hydroxyl groups excluding tert-OH is 2. The maximum absolute atomic E-state index is 15.9. The van der Waals surface area contributed by atoms with E-state index in [0.717, 1.165) is 115 Å². The van der Waals surface area contributed by atoms with Gasteiger partial charge in [0.25, 0.3) is 5.92 Å². The molecule has 10 heterocycles. The Balaban J connectivity index is 0.619. The minimum absolute atomic E-state index is 0.0287. The highest BCUT2D eigenvalue weighted by Gasteiger charge is 2.72. The molecule has 1 spiro atoms. The second-order valence-electron chi connectivity index (χ2n) is 26.3. The smallest absolute Gasteiger partial charge is 0.319 e. The molecule has 14 rings (SSSR count). The zero-order valence-electron chi connectivity index (χ0n) is 49.9. The molecule has 2 bridgehead atoms. The van der Waals surface area contributed by atoms with Crippen LogP contribution >= 0.6 is 34.0 Å². The van der Waals surface area contributed by atoms with Gasteiger partial charge < -0.3 is 45.2 Å². The van der Waals surface area contributed by atoms with E-state index in [9.17, 15) is 30.0 Å². The second-order valence-corrected chi connectivity index (χ2v) is 29.1. The number of thiophene rings is 2. The molecule has 7 atom stereocenters. The molecule has 6 aliphatic rings. The van der Waals surface area contributed by atoms with E-state index < -0.39 is 35.6 Å². The van der Waals surface area contributed by atoms with Gasteiger partial charge in [-0.25, -0.2) is 13.8 Å². The second kappa shape index (κ2) is 22.7. The Morgan fingerprint density at radius 1 is 1.00 bits per heavy atom. The summed E-state index contributed by atoms with van der Waals surface area (Å²) in [5, 5.41) is 50.6. The van der Waals surface area contributed by atoms with E-state index in [1.54, 1.807) is 48.1 Å².